The van der Waals surface area contributed by atoms with Crippen LogP contribution < -0.4 is 5.32 Å². The third-order valence-electron chi connectivity index (χ3n) is 4.36. The van der Waals surface area contributed by atoms with Crippen LogP contribution in [0.25, 0.3) is 0 Å². The number of carbonyl (C=O) groups is 3. The molecule has 3 rings (SSSR count). The average Bonchev–Trinajstić information content (AvgIpc) is 2.77. The second kappa shape index (κ2) is 9.46. The van der Waals surface area contributed by atoms with Crippen LogP contribution in [0.15, 0.2) is 84.9 Å². The second-order valence-corrected chi connectivity index (χ2v) is 6.56. The van der Waals surface area contributed by atoms with Crippen molar-refractivity contribution in [2.24, 2.45) is 0 Å². The Hall–Kier alpha value is -3.73. The van der Waals surface area contributed by atoms with Crippen molar-refractivity contribution in [2.75, 3.05) is 6.54 Å². The summed E-state index contributed by atoms with van der Waals surface area (Å²) in [5.74, 6) is -1.40. The van der Waals surface area contributed by atoms with Crippen molar-refractivity contribution in [2.45, 2.75) is 13.0 Å². The summed E-state index contributed by atoms with van der Waals surface area (Å²) in [4.78, 5) is 37.5. The molecule has 0 heterocycles. The van der Waals surface area contributed by atoms with Gasteiger partial charge in [0, 0.05) is 16.7 Å². The minimum Gasteiger partial charge on any atom is -0.448 e. The SMILES string of the molecule is Cc1ccc(C(=O)[C@H](OC(=O)CNC(=O)c2ccccc2)c2ccccc2)cc1. The highest BCUT2D eigenvalue weighted by atomic mass is 16.5. The monoisotopic (exact) mass is 387 g/mol. The molecule has 0 aliphatic heterocycles. The van der Waals surface area contributed by atoms with E-state index < -0.39 is 12.1 Å². The molecular formula is C24H21NO4. The molecule has 29 heavy (non-hydrogen) atoms. The fourth-order valence-electron chi connectivity index (χ4n) is 2.79. The van der Waals surface area contributed by atoms with Gasteiger partial charge in [0.25, 0.3) is 5.91 Å². The lowest BCUT2D eigenvalue weighted by molar-refractivity contribution is -0.146. The molecule has 0 aliphatic carbocycles. The standard InChI is InChI=1S/C24H21NO4/c1-17-12-14-18(15-13-17)22(27)23(19-8-4-2-5-9-19)29-21(26)16-25-24(28)20-10-6-3-7-11-20/h2-15,23H,16H2,1H3,(H,25,28)/t23-/m1/s1. The predicted molar refractivity (Wildman–Crippen MR) is 110 cm³/mol. The molecule has 0 spiro atoms. The molecule has 3 aromatic rings. The van der Waals surface area contributed by atoms with Gasteiger partial charge in [0.15, 0.2) is 6.10 Å². The van der Waals surface area contributed by atoms with Crippen LogP contribution >= 0.6 is 0 Å². The predicted octanol–water partition coefficient (Wildman–Crippen LogP) is 3.89. The van der Waals surface area contributed by atoms with Crippen LogP contribution in [0.2, 0.25) is 0 Å². The van der Waals surface area contributed by atoms with Crippen LogP contribution in [0.5, 0.6) is 0 Å². The van der Waals surface area contributed by atoms with Gasteiger partial charge in [-0.25, -0.2) is 0 Å². The summed E-state index contributed by atoms with van der Waals surface area (Å²) in [6.07, 6.45) is -1.08. The Kier molecular flexibility index (Phi) is 6.53. The van der Waals surface area contributed by atoms with Gasteiger partial charge in [0.2, 0.25) is 5.78 Å². The number of amides is 1. The van der Waals surface area contributed by atoms with E-state index in [1.807, 2.05) is 25.1 Å². The maximum atomic E-state index is 13.0. The zero-order chi connectivity index (χ0) is 20.6. The molecule has 1 amide bonds. The third kappa shape index (κ3) is 5.39. The lowest BCUT2D eigenvalue weighted by Gasteiger charge is -2.18. The number of ether oxygens (including phenoxy) is 1. The Balaban J connectivity index is 1.71. The molecule has 1 N–H and O–H groups in total. The molecule has 0 aliphatic rings. The summed E-state index contributed by atoms with van der Waals surface area (Å²) < 4.78 is 5.47. The number of Topliss-reactive ketones (excluding diaryl/α,β-unsaturated/α-hetero) is 1. The van der Waals surface area contributed by atoms with Crippen molar-refractivity contribution in [3.8, 4) is 0 Å². The van der Waals surface area contributed by atoms with Gasteiger partial charge in [-0.1, -0.05) is 78.4 Å². The number of carbonyl (C=O) groups excluding carboxylic acids is 3. The zero-order valence-electron chi connectivity index (χ0n) is 16.0. The van der Waals surface area contributed by atoms with Crippen molar-refractivity contribution in [3.05, 3.63) is 107 Å². The largest absolute Gasteiger partial charge is 0.448 e. The molecule has 1 atom stereocenters. The maximum absolute atomic E-state index is 13.0. The summed E-state index contributed by atoms with van der Waals surface area (Å²) in [6.45, 7) is 1.59. The van der Waals surface area contributed by atoms with Gasteiger partial charge >= 0.3 is 5.97 Å². The highest BCUT2D eigenvalue weighted by Crippen LogP contribution is 2.23. The Morgan fingerprint density at radius 1 is 0.793 bits per heavy atom. The average molecular weight is 387 g/mol. The van der Waals surface area contributed by atoms with E-state index in [-0.39, 0.29) is 18.2 Å². The molecule has 0 fully saturated rings. The number of ketones is 1. The van der Waals surface area contributed by atoms with Gasteiger partial charge in [-0.3, -0.25) is 14.4 Å². The molecule has 0 aromatic heterocycles. The van der Waals surface area contributed by atoms with E-state index in [2.05, 4.69) is 5.32 Å². The van der Waals surface area contributed by atoms with Gasteiger partial charge < -0.3 is 10.1 Å². The first-order valence-corrected chi connectivity index (χ1v) is 9.23. The summed E-state index contributed by atoms with van der Waals surface area (Å²) in [6, 6.07) is 24.5. The lowest BCUT2D eigenvalue weighted by Crippen LogP contribution is -2.32. The smallest absolute Gasteiger partial charge is 0.326 e. The topological polar surface area (TPSA) is 72.5 Å². The Morgan fingerprint density at radius 3 is 2.00 bits per heavy atom. The van der Waals surface area contributed by atoms with Gasteiger partial charge in [0.05, 0.1) is 0 Å². The lowest BCUT2D eigenvalue weighted by atomic mass is 9.99. The van der Waals surface area contributed by atoms with E-state index in [9.17, 15) is 14.4 Å². The van der Waals surface area contributed by atoms with Crippen molar-refractivity contribution < 1.29 is 19.1 Å². The zero-order valence-corrected chi connectivity index (χ0v) is 16.0. The fourth-order valence-corrected chi connectivity index (χ4v) is 2.79. The number of aryl methyl sites for hydroxylation is 1. The normalized spacial score (nSPS) is 11.3. The quantitative estimate of drug-likeness (QED) is 0.493. The van der Waals surface area contributed by atoms with Crippen molar-refractivity contribution in [3.63, 3.8) is 0 Å². The van der Waals surface area contributed by atoms with E-state index in [1.54, 1.807) is 66.7 Å². The summed E-state index contributed by atoms with van der Waals surface area (Å²) in [7, 11) is 0. The number of hydrogen-bond donors (Lipinski definition) is 1. The molecule has 3 aromatic carbocycles. The minimum atomic E-state index is -1.08. The van der Waals surface area contributed by atoms with E-state index in [1.165, 1.54) is 0 Å². The molecule has 146 valence electrons. The van der Waals surface area contributed by atoms with E-state index in [0.717, 1.165) is 5.56 Å². The van der Waals surface area contributed by atoms with Crippen LogP contribution in [0.3, 0.4) is 0 Å². The number of nitrogens with one attached hydrogen (secondary N) is 1. The van der Waals surface area contributed by atoms with Crippen LogP contribution in [-0.2, 0) is 9.53 Å². The van der Waals surface area contributed by atoms with E-state index >= 15 is 0 Å². The molecule has 0 radical (unpaired) electrons. The minimum absolute atomic E-state index is 0.320. The van der Waals surface area contributed by atoms with Gasteiger partial charge in [-0.05, 0) is 19.1 Å². The Morgan fingerprint density at radius 2 is 1.38 bits per heavy atom. The van der Waals surface area contributed by atoms with Gasteiger partial charge in [-0.2, -0.15) is 0 Å². The first-order chi connectivity index (χ1) is 14.0. The number of rotatable bonds is 7. The van der Waals surface area contributed by atoms with Gasteiger partial charge in [-0.15, -0.1) is 0 Å². The first-order valence-electron chi connectivity index (χ1n) is 9.23. The third-order valence-corrected chi connectivity index (χ3v) is 4.36. The Bertz CT molecular complexity index is 982. The molecule has 5 heteroatoms. The number of hydrogen-bond acceptors (Lipinski definition) is 4. The van der Waals surface area contributed by atoms with E-state index in [0.29, 0.717) is 16.7 Å². The van der Waals surface area contributed by atoms with Gasteiger partial charge in [0.1, 0.15) is 6.54 Å². The summed E-state index contributed by atoms with van der Waals surface area (Å²) in [5.41, 5.74) is 2.49. The second-order valence-electron chi connectivity index (χ2n) is 6.56. The van der Waals surface area contributed by atoms with E-state index in [4.69, 9.17) is 4.74 Å². The molecule has 5 nitrogen and oxygen atoms in total. The molecule has 0 saturated heterocycles. The number of benzene rings is 3. The maximum Gasteiger partial charge on any atom is 0.326 e. The van der Waals surface area contributed by atoms with Crippen LogP contribution in [-0.4, -0.2) is 24.2 Å². The summed E-state index contributed by atoms with van der Waals surface area (Å²) >= 11 is 0. The highest BCUT2D eigenvalue weighted by Gasteiger charge is 2.26. The molecule has 0 unspecified atom stereocenters. The Labute approximate surface area is 169 Å². The summed E-state index contributed by atoms with van der Waals surface area (Å²) in [5, 5.41) is 2.52. The van der Waals surface area contributed by atoms with Crippen molar-refractivity contribution in [1.82, 2.24) is 5.32 Å². The first kappa shape index (κ1) is 20.0. The van der Waals surface area contributed by atoms with Crippen LogP contribution in [0.4, 0.5) is 0 Å². The van der Waals surface area contributed by atoms with Crippen LogP contribution in [0, 0.1) is 6.92 Å². The van der Waals surface area contributed by atoms with Crippen molar-refractivity contribution >= 4 is 17.7 Å². The number of esters is 1. The highest BCUT2D eigenvalue weighted by molar-refractivity contribution is 6.01. The molecule has 0 saturated carbocycles. The molecular weight excluding hydrogens is 366 g/mol. The molecule has 0 bridgehead atoms. The van der Waals surface area contributed by atoms with Crippen molar-refractivity contribution in [1.29, 1.82) is 0 Å². The fraction of sp³-hybridized carbons (Fsp3) is 0.125. The van der Waals surface area contributed by atoms with Crippen LogP contribution in [0.1, 0.15) is 37.9 Å².